The standard InChI is InChI=1S/C19H21BrClN3O2/c1-26-18-11-15(10-17(20)19(18)25)12-22-24-8-6-23(7-9-24)13-14-2-4-16(21)5-3-14/h2-5,10-12,25H,6-9,13H2,1H3/b22-12-. The number of hydrogen-bond acceptors (Lipinski definition) is 5. The van der Waals surface area contributed by atoms with E-state index in [1.54, 1.807) is 12.3 Å². The molecule has 138 valence electrons. The van der Waals surface area contributed by atoms with Crippen LogP contribution >= 0.6 is 27.5 Å². The SMILES string of the molecule is COc1cc(/C=N\N2CCN(Cc3ccc(Cl)cc3)CC2)cc(Br)c1O. The molecule has 0 aromatic heterocycles. The van der Waals surface area contributed by atoms with Crippen LogP contribution in [0.4, 0.5) is 0 Å². The van der Waals surface area contributed by atoms with Crippen LogP contribution in [-0.4, -0.2) is 54.5 Å². The van der Waals surface area contributed by atoms with E-state index in [1.165, 1.54) is 12.7 Å². The molecule has 0 radical (unpaired) electrons. The smallest absolute Gasteiger partial charge is 0.172 e. The molecule has 5 nitrogen and oxygen atoms in total. The summed E-state index contributed by atoms with van der Waals surface area (Å²) in [6.45, 7) is 4.60. The van der Waals surface area contributed by atoms with Crippen LogP contribution in [0.5, 0.6) is 11.5 Å². The van der Waals surface area contributed by atoms with Gasteiger partial charge in [0.2, 0.25) is 0 Å². The summed E-state index contributed by atoms with van der Waals surface area (Å²) < 4.78 is 5.76. The zero-order chi connectivity index (χ0) is 18.5. The first-order valence-electron chi connectivity index (χ1n) is 8.37. The molecular formula is C19H21BrClN3O2. The van der Waals surface area contributed by atoms with Gasteiger partial charge in [0.05, 0.1) is 17.8 Å². The zero-order valence-electron chi connectivity index (χ0n) is 14.5. The lowest BCUT2D eigenvalue weighted by molar-refractivity contribution is 0.131. The Hall–Kier alpha value is -1.76. The molecule has 0 aliphatic carbocycles. The van der Waals surface area contributed by atoms with Crippen LogP contribution in [0.3, 0.4) is 0 Å². The third kappa shape index (κ3) is 4.90. The van der Waals surface area contributed by atoms with E-state index < -0.39 is 0 Å². The highest BCUT2D eigenvalue weighted by Gasteiger charge is 2.15. The van der Waals surface area contributed by atoms with E-state index in [-0.39, 0.29) is 5.75 Å². The van der Waals surface area contributed by atoms with Crippen LogP contribution in [0.15, 0.2) is 46.0 Å². The molecule has 7 heteroatoms. The molecule has 1 N–H and O–H groups in total. The molecule has 0 spiro atoms. The Bertz CT molecular complexity index is 775. The molecular weight excluding hydrogens is 418 g/mol. The Balaban J connectivity index is 1.54. The predicted molar refractivity (Wildman–Crippen MR) is 108 cm³/mol. The van der Waals surface area contributed by atoms with E-state index in [1.807, 2.05) is 18.2 Å². The fourth-order valence-electron chi connectivity index (χ4n) is 2.83. The van der Waals surface area contributed by atoms with Crippen LogP contribution in [0.2, 0.25) is 5.02 Å². The maximum Gasteiger partial charge on any atom is 0.172 e. The van der Waals surface area contributed by atoms with Crippen molar-refractivity contribution in [1.29, 1.82) is 0 Å². The minimum absolute atomic E-state index is 0.0977. The van der Waals surface area contributed by atoms with Crippen molar-refractivity contribution in [3.63, 3.8) is 0 Å². The van der Waals surface area contributed by atoms with Gasteiger partial charge in [0.1, 0.15) is 0 Å². The quantitative estimate of drug-likeness (QED) is 0.718. The maximum absolute atomic E-state index is 9.86. The first kappa shape index (κ1) is 19.0. The van der Waals surface area contributed by atoms with Gasteiger partial charge in [-0.15, -0.1) is 0 Å². The van der Waals surface area contributed by atoms with Gasteiger partial charge in [-0.1, -0.05) is 23.7 Å². The summed E-state index contributed by atoms with van der Waals surface area (Å²) in [4.78, 5) is 2.41. The number of nitrogens with zero attached hydrogens (tertiary/aromatic N) is 3. The first-order valence-corrected chi connectivity index (χ1v) is 9.54. The van der Waals surface area contributed by atoms with E-state index in [0.29, 0.717) is 10.2 Å². The normalized spacial score (nSPS) is 15.6. The van der Waals surface area contributed by atoms with Gasteiger partial charge in [-0.25, -0.2) is 0 Å². The van der Waals surface area contributed by atoms with Crippen LogP contribution in [0.25, 0.3) is 0 Å². The van der Waals surface area contributed by atoms with Crippen molar-refractivity contribution in [1.82, 2.24) is 9.91 Å². The average Bonchev–Trinajstić information content (AvgIpc) is 2.65. The molecule has 1 aliphatic heterocycles. The van der Waals surface area contributed by atoms with Crippen molar-refractivity contribution in [3.05, 3.63) is 57.0 Å². The van der Waals surface area contributed by atoms with Crippen molar-refractivity contribution in [2.75, 3.05) is 33.3 Å². The number of phenols is 1. The van der Waals surface area contributed by atoms with Crippen molar-refractivity contribution in [2.45, 2.75) is 6.54 Å². The summed E-state index contributed by atoms with van der Waals surface area (Å²) in [6, 6.07) is 11.6. The van der Waals surface area contributed by atoms with Gasteiger partial charge in [-0.2, -0.15) is 5.10 Å². The first-order chi connectivity index (χ1) is 12.5. The number of hydrazone groups is 1. The number of phenolic OH excluding ortho intramolecular Hbond substituents is 1. The number of halogens is 2. The number of ether oxygens (including phenoxy) is 1. The summed E-state index contributed by atoms with van der Waals surface area (Å²) in [5.41, 5.74) is 2.14. The van der Waals surface area contributed by atoms with Gasteiger partial charge in [-0.05, 0) is 51.3 Å². The van der Waals surface area contributed by atoms with Crippen LogP contribution < -0.4 is 4.74 Å². The second kappa shape index (κ2) is 8.75. The predicted octanol–water partition coefficient (Wildman–Crippen LogP) is 3.97. The summed E-state index contributed by atoms with van der Waals surface area (Å²) >= 11 is 9.26. The lowest BCUT2D eigenvalue weighted by atomic mass is 10.2. The average molecular weight is 439 g/mol. The second-order valence-electron chi connectivity index (χ2n) is 6.15. The molecule has 1 saturated heterocycles. The van der Waals surface area contributed by atoms with Gasteiger partial charge in [0.15, 0.2) is 11.5 Å². The van der Waals surface area contributed by atoms with Crippen LogP contribution in [0.1, 0.15) is 11.1 Å². The highest BCUT2D eigenvalue weighted by molar-refractivity contribution is 9.10. The maximum atomic E-state index is 9.86. The third-order valence-electron chi connectivity index (χ3n) is 4.31. The van der Waals surface area contributed by atoms with Crippen LogP contribution in [-0.2, 0) is 6.54 Å². The van der Waals surface area contributed by atoms with Crippen LogP contribution in [0, 0.1) is 0 Å². The van der Waals surface area contributed by atoms with Crippen molar-refractivity contribution >= 4 is 33.7 Å². The number of piperazine rings is 1. The second-order valence-corrected chi connectivity index (χ2v) is 7.45. The monoisotopic (exact) mass is 437 g/mol. The molecule has 2 aromatic carbocycles. The third-order valence-corrected chi connectivity index (χ3v) is 5.17. The number of methoxy groups -OCH3 is 1. The number of rotatable bonds is 5. The van der Waals surface area contributed by atoms with E-state index >= 15 is 0 Å². The van der Waals surface area contributed by atoms with Crippen molar-refractivity contribution in [2.24, 2.45) is 5.10 Å². The Morgan fingerprint density at radius 2 is 1.88 bits per heavy atom. The van der Waals surface area contributed by atoms with Crippen molar-refractivity contribution < 1.29 is 9.84 Å². The van der Waals surface area contributed by atoms with E-state index in [0.717, 1.165) is 43.3 Å². The Kier molecular flexibility index (Phi) is 6.40. The summed E-state index contributed by atoms with van der Waals surface area (Å²) in [7, 11) is 1.53. The molecule has 1 aliphatic rings. The minimum atomic E-state index is 0.0977. The molecule has 0 saturated carbocycles. The largest absolute Gasteiger partial charge is 0.503 e. The highest BCUT2D eigenvalue weighted by atomic mass is 79.9. The molecule has 1 heterocycles. The minimum Gasteiger partial charge on any atom is -0.503 e. The fraction of sp³-hybridized carbons (Fsp3) is 0.316. The van der Waals surface area contributed by atoms with Gasteiger partial charge in [0.25, 0.3) is 0 Å². The molecule has 26 heavy (non-hydrogen) atoms. The highest BCUT2D eigenvalue weighted by Crippen LogP contribution is 2.34. The lowest BCUT2D eigenvalue weighted by Crippen LogP contribution is -2.43. The Morgan fingerprint density at radius 1 is 1.19 bits per heavy atom. The molecule has 0 amide bonds. The molecule has 3 rings (SSSR count). The topological polar surface area (TPSA) is 48.3 Å². The summed E-state index contributed by atoms with van der Waals surface area (Å²) in [5, 5.41) is 17.3. The molecule has 0 unspecified atom stereocenters. The summed E-state index contributed by atoms with van der Waals surface area (Å²) in [5.74, 6) is 0.522. The van der Waals surface area contributed by atoms with Crippen molar-refractivity contribution in [3.8, 4) is 11.5 Å². The van der Waals surface area contributed by atoms with Gasteiger partial charge in [-0.3, -0.25) is 9.91 Å². The molecule has 1 fully saturated rings. The zero-order valence-corrected chi connectivity index (χ0v) is 16.9. The van der Waals surface area contributed by atoms with Gasteiger partial charge >= 0.3 is 0 Å². The Morgan fingerprint density at radius 3 is 2.54 bits per heavy atom. The number of benzene rings is 2. The van der Waals surface area contributed by atoms with E-state index in [9.17, 15) is 5.11 Å². The molecule has 0 atom stereocenters. The molecule has 2 aromatic rings. The Labute approximate surface area is 167 Å². The molecule has 0 bridgehead atoms. The number of hydrogen-bond donors (Lipinski definition) is 1. The van der Waals surface area contributed by atoms with E-state index in [2.05, 4.69) is 43.1 Å². The van der Waals surface area contributed by atoms with E-state index in [4.69, 9.17) is 16.3 Å². The fourth-order valence-corrected chi connectivity index (χ4v) is 3.42. The summed E-state index contributed by atoms with van der Waals surface area (Å²) in [6.07, 6.45) is 1.79. The number of aromatic hydroxyl groups is 1. The van der Waals surface area contributed by atoms with Gasteiger partial charge in [0, 0.05) is 37.7 Å². The van der Waals surface area contributed by atoms with Gasteiger partial charge < -0.3 is 9.84 Å². The lowest BCUT2D eigenvalue weighted by Gasteiger charge is -2.33.